The van der Waals surface area contributed by atoms with E-state index in [1.165, 1.54) is 7.11 Å². The summed E-state index contributed by atoms with van der Waals surface area (Å²) in [6, 6.07) is 10.9. The molecular formula is C20H17ClN2O4. The first-order chi connectivity index (χ1) is 13.0. The van der Waals surface area contributed by atoms with Crippen LogP contribution in [0.25, 0.3) is 22.6 Å². The van der Waals surface area contributed by atoms with E-state index in [0.717, 1.165) is 16.8 Å². The summed E-state index contributed by atoms with van der Waals surface area (Å²) in [7, 11) is 1.35. The molecule has 0 N–H and O–H groups in total. The second kappa shape index (κ2) is 6.63. The number of furan rings is 1. The lowest BCUT2D eigenvalue weighted by atomic mass is 10.2. The summed E-state index contributed by atoms with van der Waals surface area (Å²) >= 11 is 6.25. The van der Waals surface area contributed by atoms with Crippen molar-refractivity contribution in [3.05, 3.63) is 64.3 Å². The SMILES string of the molecule is COC(=O)c1cc2oc(C)cc2n1Cc1nc(-c2ccccc2Cl)oc1C. The summed E-state index contributed by atoms with van der Waals surface area (Å²) in [5.41, 5.74) is 3.24. The first kappa shape index (κ1) is 17.4. The Labute approximate surface area is 160 Å². The Balaban J connectivity index is 1.79. The highest BCUT2D eigenvalue weighted by Crippen LogP contribution is 2.30. The van der Waals surface area contributed by atoms with Crippen LogP contribution in [0.4, 0.5) is 0 Å². The molecule has 0 fully saturated rings. The molecule has 3 aromatic heterocycles. The highest BCUT2D eigenvalue weighted by Gasteiger charge is 2.22. The van der Waals surface area contributed by atoms with E-state index in [9.17, 15) is 4.79 Å². The molecule has 0 spiro atoms. The molecular weight excluding hydrogens is 368 g/mol. The average molecular weight is 385 g/mol. The number of halogens is 1. The highest BCUT2D eigenvalue weighted by molar-refractivity contribution is 6.33. The van der Waals surface area contributed by atoms with E-state index in [4.69, 9.17) is 25.2 Å². The molecule has 0 aliphatic rings. The minimum absolute atomic E-state index is 0.340. The summed E-state index contributed by atoms with van der Waals surface area (Å²) in [4.78, 5) is 16.8. The van der Waals surface area contributed by atoms with E-state index >= 15 is 0 Å². The second-order valence-corrected chi connectivity index (χ2v) is 6.62. The molecule has 0 radical (unpaired) electrons. The van der Waals surface area contributed by atoms with Crippen LogP contribution in [0.15, 0.2) is 45.2 Å². The topological polar surface area (TPSA) is 70.4 Å². The smallest absolute Gasteiger partial charge is 0.354 e. The summed E-state index contributed by atoms with van der Waals surface area (Å²) in [5.74, 6) is 1.42. The van der Waals surface area contributed by atoms with E-state index in [2.05, 4.69) is 4.98 Å². The highest BCUT2D eigenvalue weighted by atomic mass is 35.5. The molecule has 0 aliphatic heterocycles. The van der Waals surface area contributed by atoms with Crippen molar-refractivity contribution in [2.45, 2.75) is 20.4 Å². The quantitative estimate of drug-likeness (QED) is 0.463. The fraction of sp³-hybridized carbons (Fsp3) is 0.200. The number of hydrogen-bond donors (Lipinski definition) is 0. The second-order valence-electron chi connectivity index (χ2n) is 6.22. The molecule has 0 saturated carbocycles. The predicted molar refractivity (Wildman–Crippen MR) is 101 cm³/mol. The molecule has 0 aliphatic carbocycles. The van der Waals surface area contributed by atoms with Crippen LogP contribution in [0.5, 0.6) is 0 Å². The first-order valence-corrected chi connectivity index (χ1v) is 8.75. The van der Waals surface area contributed by atoms with Crippen molar-refractivity contribution >= 4 is 28.7 Å². The third-order valence-electron chi connectivity index (χ3n) is 4.41. The van der Waals surface area contributed by atoms with E-state index in [1.807, 2.05) is 42.7 Å². The van der Waals surface area contributed by atoms with Crippen LogP contribution in [0.3, 0.4) is 0 Å². The lowest BCUT2D eigenvalue weighted by Crippen LogP contribution is -2.12. The maximum Gasteiger partial charge on any atom is 0.354 e. The number of fused-ring (bicyclic) bond motifs is 1. The fourth-order valence-electron chi connectivity index (χ4n) is 3.08. The lowest BCUT2D eigenvalue weighted by molar-refractivity contribution is 0.0589. The van der Waals surface area contributed by atoms with Crippen LogP contribution in [-0.2, 0) is 11.3 Å². The van der Waals surface area contributed by atoms with Crippen molar-refractivity contribution in [3.8, 4) is 11.5 Å². The minimum atomic E-state index is -0.438. The van der Waals surface area contributed by atoms with Gasteiger partial charge in [0.15, 0.2) is 5.58 Å². The molecule has 6 nitrogen and oxygen atoms in total. The molecule has 4 aromatic rings. The largest absolute Gasteiger partial charge is 0.464 e. The number of ether oxygens (including phenoxy) is 1. The number of rotatable bonds is 4. The van der Waals surface area contributed by atoms with Gasteiger partial charge in [0.05, 0.1) is 29.8 Å². The predicted octanol–water partition coefficient (Wildman–Crippen LogP) is 4.99. The van der Waals surface area contributed by atoms with Crippen LogP contribution < -0.4 is 0 Å². The third kappa shape index (κ3) is 3.02. The van der Waals surface area contributed by atoms with Crippen molar-refractivity contribution in [3.63, 3.8) is 0 Å². The van der Waals surface area contributed by atoms with Crippen molar-refractivity contribution in [2.24, 2.45) is 0 Å². The molecule has 4 rings (SSSR count). The number of oxazole rings is 1. The van der Waals surface area contributed by atoms with E-state index in [0.29, 0.717) is 40.2 Å². The number of carbonyl (C=O) groups is 1. The van der Waals surface area contributed by atoms with Crippen molar-refractivity contribution in [1.82, 2.24) is 9.55 Å². The van der Waals surface area contributed by atoms with Gasteiger partial charge in [0.25, 0.3) is 0 Å². The Morgan fingerprint density at radius 2 is 2.00 bits per heavy atom. The average Bonchev–Trinajstić information content (AvgIpc) is 3.29. The number of carbonyl (C=O) groups excluding carboxylic acids is 1. The summed E-state index contributed by atoms with van der Waals surface area (Å²) in [6.45, 7) is 4.04. The Kier molecular flexibility index (Phi) is 4.28. The molecule has 0 amide bonds. The van der Waals surface area contributed by atoms with Gasteiger partial charge in [-0.3, -0.25) is 0 Å². The summed E-state index contributed by atoms with van der Waals surface area (Å²) in [6.07, 6.45) is 0. The molecule has 3 heterocycles. The van der Waals surface area contributed by atoms with Gasteiger partial charge in [0.1, 0.15) is 22.9 Å². The Morgan fingerprint density at radius 1 is 1.22 bits per heavy atom. The van der Waals surface area contributed by atoms with Crippen molar-refractivity contribution < 1.29 is 18.4 Å². The molecule has 1 aromatic carbocycles. The van der Waals surface area contributed by atoms with Crippen LogP contribution in [-0.4, -0.2) is 22.6 Å². The molecule has 0 bridgehead atoms. The maximum atomic E-state index is 12.2. The Morgan fingerprint density at radius 3 is 2.74 bits per heavy atom. The van der Waals surface area contributed by atoms with Gasteiger partial charge >= 0.3 is 5.97 Å². The van der Waals surface area contributed by atoms with E-state index in [-0.39, 0.29) is 0 Å². The number of hydrogen-bond acceptors (Lipinski definition) is 5. The zero-order chi connectivity index (χ0) is 19.1. The van der Waals surface area contributed by atoms with Gasteiger partial charge in [-0.15, -0.1) is 0 Å². The van der Waals surface area contributed by atoms with Gasteiger partial charge < -0.3 is 18.1 Å². The molecule has 0 atom stereocenters. The number of aryl methyl sites for hydroxylation is 2. The van der Waals surface area contributed by atoms with Crippen LogP contribution >= 0.6 is 11.6 Å². The van der Waals surface area contributed by atoms with Crippen molar-refractivity contribution in [1.29, 1.82) is 0 Å². The molecule has 7 heteroatoms. The van der Waals surface area contributed by atoms with Crippen LogP contribution in [0, 0.1) is 13.8 Å². The molecule has 0 saturated heterocycles. The first-order valence-electron chi connectivity index (χ1n) is 8.37. The number of aromatic nitrogens is 2. The minimum Gasteiger partial charge on any atom is -0.464 e. The van der Waals surface area contributed by atoms with Gasteiger partial charge in [0.2, 0.25) is 5.89 Å². The number of esters is 1. The van der Waals surface area contributed by atoms with Gasteiger partial charge in [0, 0.05) is 12.1 Å². The van der Waals surface area contributed by atoms with Gasteiger partial charge in [-0.2, -0.15) is 0 Å². The standard InChI is InChI=1S/C20H17ClN2O4/c1-11-8-16-18(26-11)9-17(20(24)25-3)23(16)10-15-12(2)27-19(22-15)13-6-4-5-7-14(13)21/h4-9H,10H2,1-3H3. The van der Waals surface area contributed by atoms with Crippen LogP contribution in [0.2, 0.25) is 5.02 Å². The zero-order valence-corrected chi connectivity index (χ0v) is 15.8. The fourth-order valence-corrected chi connectivity index (χ4v) is 3.30. The molecule has 27 heavy (non-hydrogen) atoms. The monoisotopic (exact) mass is 384 g/mol. The number of nitrogens with zero attached hydrogens (tertiary/aromatic N) is 2. The summed E-state index contributed by atoms with van der Waals surface area (Å²) < 4.78 is 18.2. The molecule has 0 unspecified atom stereocenters. The molecule has 138 valence electrons. The van der Waals surface area contributed by atoms with E-state index in [1.54, 1.807) is 12.1 Å². The Hall–Kier alpha value is -2.99. The van der Waals surface area contributed by atoms with Gasteiger partial charge in [-0.1, -0.05) is 23.7 Å². The maximum absolute atomic E-state index is 12.2. The number of benzene rings is 1. The number of methoxy groups -OCH3 is 1. The summed E-state index contributed by atoms with van der Waals surface area (Å²) in [5, 5.41) is 0.564. The van der Waals surface area contributed by atoms with Crippen LogP contribution in [0.1, 0.15) is 27.7 Å². The van der Waals surface area contributed by atoms with Gasteiger partial charge in [-0.05, 0) is 26.0 Å². The van der Waals surface area contributed by atoms with Gasteiger partial charge in [-0.25, -0.2) is 9.78 Å². The van der Waals surface area contributed by atoms with E-state index < -0.39 is 5.97 Å². The Bertz CT molecular complexity index is 1150. The zero-order valence-electron chi connectivity index (χ0n) is 15.1. The third-order valence-corrected chi connectivity index (χ3v) is 4.74. The lowest BCUT2D eigenvalue weighted by Gasteiger charge is -2.07. The normalized spacial score (nSPS) is 11.3. The van der Waals surface area contributed by atoms with Crippen molar-refractivity contribution in [2.75, 3.05) is 7.11 Å².